The third-order valence-electron chi connectivity index (χ3n) is 5.15. The highest BCUT2D eigenvalue weighted by molar-refractivity contribution is 7.92. The van der Waals surface area contributed by atoms with Crippen LogP contribution < -0.4 is 5.32 Å². The minimum atomic E-state index is -3.02. The van der Waals surface area contributed by atoms with Gasteiger partial charge in [0.05, 0.1) is 10.5 Å². The van der Waals surface area contributed by atoms with E-state index in [-0.39, 0.29) is 5.75 Å². The quantitative estimate of drug-likeness (QED) is 0.604. The van der Waals surface area contributed by atoms with Crippen molar-refractivity contribution in [1.82, 2.24) is 15.1 Å². The predicted octanol–water partition coefficient (Wildman–Crippen LogP) is 1.19. The van der Waals surface area contributed by atoms with Crippen LogP contribution in [0.5, 0.6) is 0 Å². The second-order valence-electron chi connectivity index (χ2n) is 8.11. The van der Waals surface area contributed by atoms with Crippen molar-refractivity contribution >= 4 is 15.8 Å². The normalized spacial score (nSPS) is 27.7. The molecule has 7 heteroatoms. The molecule has 6 nitrogen and oxygen atoms in total. The fraction of sp³-hybridized carbons (Fsp3) is 0.941. The zero-order valence-corrected chi connectivity index (χ0v) is 16.7. The molecule has 2 fully saturated rings. The minimum absolute atomic E-state index is 0.198. The van der Waals surface area contributed by atoms with Gasteiger partial charge in [-0.3, -0.25) is 9.89 Å². The van der Waals surface area contributed by atoms with E-state index in [2.05, 4.69) is 34.0 Å². The average molecular weight is 359 g/mol. The second-order valence-corrected chi connectivity index (χ2v) is 10.9. The molecule has 2 aliphatic rings. The Morgan fingerprint density at radius 3 is 2.62 bits per heavy atom. The van der Waals surface area contributed by atoms with Crippen molar-refractivity contribution in [2.45, 2.75) is 51.3 Å². The maximum atomic E-state index is 12.2. The largest absolute Gasteiger partial charge is 0.355 e. The lowest BCUT2D eigenvalue weighted by molar-refractivity contribution is 0.225. The van der Waals surface area contributed by atoms with Crippen LogP contribution in [0, 0.1) is 5.92 Å². The fourth-order valence-corrected chi connectivity index (χ4v) is 5.07. The lowest BCUT2D eigenvalue weighted by atomic mass is 10.1. The summed E-state index contributed by atoms with van der Waals surface area (Å²) in [4.78, 5) is 9.04. The van der Waals surface area contributed by atoms with Crippen molar-refractivity contribution in [3.63, 3.8) is 0 Å². The molecule has 0 amide bonds. The number of hydrogen-bond acceptors (Lipinski definition) is 4. The van der Waals surface area contributed by atoms with Crippen LogP contribution in [0.2, 0.25) is 0 Å². The molecule has 0 aromatic rings. The molecule has 2 saturated heterocycles. The maximum Gasteiger partial charge on any atom is 0.193 e. The highest BCUT2D eigenvalue weighted by atomic mass is 32.2. The number of guanidine groups is 1. The van der Waals surface area contributed by atoms with E-state index in [4.69, 9.17) is 0 Å². The molecule has 1 atom stereocenters. The van der Waals surface area contributed by atoms with Crippen molar-refractivity contribution in [3.05, 3.63) is 0 Å². The number of nitrogens with one attached hydrogen (secondary N) is 1. The molecular weight excluding hydrogens is 324 g/mol. The molecule has 0 bridgehead atoms. The van der Waals surface area contributed by atoms with Crippen molar-refractivity contribution < 1.29 is 8.42 Å². The Morgan fingerprint density at radius 2 is 2.04 bits per heavy atom. The number of nitrogens with zero attached hydrogens (tertiary/aromatic N) is 3. The van der Waals surface area contributed by atoms with E-state index in [1.807, 2.05) is 13.8 Å². The summed E-state index contributed by atoms with van der Waals surface area (Å²) in [5.74, 6) is 1.70. The van der Waals surface area contributed by atoms with Crippen LogP contribution in [-0.4, -0.2) is 80.5 Å². The van der Waals surface area contributed by atoms with Gasteiger partial charge in [0.25, 0.3) is 0 Å². The summed E-state index contributed by atoms with van der Waals surface area (Å²) in [6.45, 7) is 12.4. The zero-order chi connectivity index (χ0) is 18.0. The van der Waals surface area contributed by atoms with Gasteiger partial charge in [-0.25, -0.2) is 8.42 Å². The average Bonchev–Trinajstić information content (AvgIpc) is 2.90. The van der Waals surface area contributed by atoms with E-state index in [9.17, 15) is 8.42 Å². The first-order valence-electron chi connectivity index (χ1n) is 9.08. The van der Waals surface area contributed by atoms with Crippen LogP contribution in [0.15, 0.2) is 4.99 Å². The van der Waals surface area contributed by atoms with Crippen molar-refractivity contribution in [2.75, 3.05) is 45.5 Å². The zero-order valence-electron chi connectivity index (χ0n) is 15.9. The van der Waals surface area contributed by atoms with Gasteiger partial charge in [-0.1, -0.05) is 13.8 Å². The Balaban J connectivity index is 1.94. The molecule has 140 valence electrons. The molecule has 1 N–H and O–H groups in total. The number of rotatable bonds is 4. The molecule has 0 aliphatic carbocycles. The van der Waals surface area contributed by atoms with Gasteiger partial charge < -0.3 is 10.2 Å². The van der Waals surface area contributed by atoms with E-state index in [1.165, 1.54) is 19.4 Å². The molecule has 24 heavy (non-hydrogen) atoms. The topological polar surface area (TPSA) is 65.0 Å². The third-order valence-corrected chi connectivity index (χ3v) is 7.68. The van der Waals surface area contributed by atoms with Gasteiger partial charge in [-0.15, -0.1) is 0 Å². The van der Waals surface area contributed by atoms with Gasteiger partial charge in [0.2, 0.25) is 0 Å². The predicted molar refractivity (Wildman–Crippen MR) is 100 cm³/mol. The Hall–Kier alpha value is -0.820. The first kappa shape index (κ1) is 19.5. The van der Waals surface area contributed by atoms with Crippen molar-refractivity contribution in [3.8, 4) is 0 Å². The number of sulfone groups is 1. The molecule has 0 radical (unpaired) electrons. The molecule has 2 rings (SSSR count). The van der Waals surface area contributed by atoms with Crippen LogP contribution in [0.4, 0.5) is 0 Å². The van der Waals surface area contributed by atoms with Crippen LogP contribution in [-0.2, 0) is 9.84 Å². The first-order valence-corrected chi connectivity index (χ1v) is 10.7. The Bertz CT molecular complexity index is 557. The molecule has 2 aliphatic heterocycles. The summed E-state index contributed by atoms with van der Waals surface area (Å²) >= 11 is 0. The Labute approximate surface area is 147 Å². The van der Waals surface area contributed by atoms with Crippen molar-refractivity contribution in [2.24, 2.45) is 10.9 Å². The van der Waals surface area contributed by atoms with Crippen LogP contribution in [0.3, 0.4) is 0 Å². The number of likely N-dealkylation sites (tertiary alicyclic amines) is 1. The molecule has 0 unspecified atom stereocenters. The molecule has 2 heterocycles. The third kappa shape index (κ3) is 4.42. The van der Waals surface area contributed by atoms with E-state index >= 15 is 0 Å². The summed E-state index contributed by atoms with van der Waals surface area (Å²) in [7, 11) is -1.24. The van der Waals surface area contributed by atoms with Gasteiger partial charge in [0, 0.05) is 39.3 Å². The van der Waals surface area contributed by atoms with E-state index in [0.29, 0.717) is 25.0 Å². The number of aliphatic imine (C=N–C) groups is 1. The summed E-state index contributed by atoms with van der Waals surface area (Å²) in [5.41, 5.74) is 0. The van der Waals surface area contributed by atoms with E-state index < -0.39 is 14.6 Å². The van der Waals surface area contributed by atoms with Crippen molar-refractivity contribution in [1.29, 1.82) is 0 Å². The minimum Gasteiger partial charge on any atom is -0.355 e. The number of hydrogen-bond donors (Lipinski definition) is 1. The fourth-order valence-electron chi connectivity index (χ4n) is 3.70. The second kappa shape index (κ2) is 7.60. The highest BCUT2D eigenvalue weighted by Gasteiger charge is 2.41. The monoisotopic (exact) mass is 358 g/mol. The molecule has 0 saturated carbocycles. The van der Waals surface area contributed by atoms with Crippen LogP contribution in [0.25, 0.3) is 0 Å². The van der Waals surface area contributed by atoms with E-state index in [0.717, 1.165) is 19.0 Å². The molecule has 0 spiro atoms. The van der Waals surface area contributed by atoms with Crippen LogP contribution in [0.1, 0.15) is 40.5 Å². The van der Waals surface area contributed by atoms with E-state index in [1.54, 1.807) is 7.05 Å². The Morgan fingerprint density at radius 1 is 1.33 bits per heavy atom. The van der Waals surface area contributed by atoms with Gasteiger partial charge in [-0.05, 0) is 39.2 Å². The van der Waals surface area contributed by atoms with Gasteiger partial charge in [0.1, 0.15) is 0 Å². The molecule has 0 aromatic heterocycles. The smallest absolute Gasteiger partial charge is 0.193 e. The summed E-state index contributed by atoms with van der Waals surface area (Å²) in [6, 6.07) is 0.547. The first-order chi connectivity index (χ1) is 11.2. The highest BCUT2D eigenvalue weighted by Crippen LogP contribution is 2.24. The van der Waals surface area contributed by atoms with Gasteiger partial charge in [-0.2, -0.15) is 0 Å². The van der Waals surface area contributed by atoms with Crippen LogP contribution >= 0.6 is 0 Å². The lowest BCUT2D eigenvalue weighted by Gasteiger charge is -2.39. The SMILES string of the molecule is CN=C(NC[C@H]1CCCN1CC(C)C)N1CCS(=O)(=O)C(C)(C)C1. The standard InChI is InChI=1S/C17H34N4O2S/c1-14(2)12-20-8-6-7-15(20)11-19-16(18-5)21-9-10-24(22,23)17(3,4)13-21/h14-15H,6-13H2,1-5H3,(H,18,19)/t15-/m1/s1. The van der Waals surface area contributed by atoms with Gasteiger partial charge in [0.15, 0.2) is 15.8 Å². The maximum absolute atomic E-state index is 12.2. The summed E-state index contributed by atoms with van der Waals surface area (Å²) in [6.07, 6.45) is 2.48. The Kier molecular flexibility index (Phi) is 6.18. The molecular formula is C17H34N4O2S. The summed E-state index contributed by atoms with van der Waals surface area (Å²) in [5, 5.41) is 3.49. The molecule has 0 aromatic carbocycles. The van der Waals surface area contributed by atoms with Gasteiger partial charge >= 0.3 is 0 Å². The lowest BCUT2D eigenvalue weighted by Crippen LogP contribution is -2.58. The summed E-state index contributed by atoms with van der Waals surface area (Å²) < 4.78 is 23.6.